The van der Waals surface area contributed by atoms with Crippen LogP contribution < -0.4 is 85.1 Å². The van der Waals surface area contributed by atoms with Gasteiger partial charge in [-0.05, 0) is 55.8 Å². The van der Waals surface area contributed by atoms with Crippen molar-refractivity contribution in [3.05, 3.63) is 87.3 Å². The van der Waals surface area contributed by atoms with Crippen molar-refractivity contribution in [1.82, 2.24) is 24.1 Å². The predicted octanol–water partition coefficient (Wildman–Crippen LogP) is -4.39. The molecule has 1 saturated heterocycles. The first kappa shape index (κ1) is 37.1. The van der Waals surface area contributed by atoms with Gasteiger partial charge in [-0.15, -0.1) is 0 Å². The minimum atomic E-state index is -5.52. The van der Waals surface area contributed by atoms with Gasteiger partial charge in [-0.2, -0.15) is 5.26 Å². The molecule has 14 nitrogen and oxygen atoms in total. The first-order chi connectivity index (χ1) is 21.5. The summed E-state index contributed by atoms with van der Waals surface area (Å²) in [5.41, 5.74) is 0.192. The van der Waals surface area contributed by atoms with Crippen molar-refractivity contribution in [2.75, 3.05) is 31.2 Å². The third-order valence-corrected chi connectivity index (χ3v) is 8.09. The van der Waals surface area contributed by atoms with E-state index in [2.05, 4.69) is 25.5 Å². The second-order valence-electron chi connectivity index (χ2n) is 10.9. The van der Waals surface area contributed by atoms with Crippen LogP contribution in [0.1, 0.15) is 19.4 Å². The van der Waals surface area contributed by atoms with Gasteiger partial charge in [-0.3, -0.25) is 14.3 Å². The minimum absolute atomic E-state index is 0. The molecule has 0 bridgehead atoms. The molecule has 1 aliphatic heterocycles. The van der Waals surface area contributed by atoms with E-state index >= 15 is 0 Å². The van der Waals surface area contributed by atoms with Crippen molar-refractivity contribution in [3.63, 3.8) is 0 Å². The number of ether oxygens (including phenoxy) is 1. The smallest absolute Gasteiger partial charge is 0.790 e. The zero-order chi connectivity index (χ0) is 31.9. The van der Waals surface area contributed by atoms with Gasteiger partial charge in [0.05, 0.1) is 60.3 Å². The van der Waals surface area contributed by atoms with Crippen molar-refractivity contribution < 1.29 is 82.7 Å². The number of pyridine rings is 3. The van der Waals surface area contributed by atoms with Gasteiger partial charge in [0.15, 0.2) is 0 Å². The molecular weight excluding hydrogens is 647 g/mol. The predicted molar refractivity (Wildman–Crippen MR) is 160 cm³/mol. The van der Waals surface area contributed by atoms with Gasteiger partial charge in [0.1, 0.15) is 18.1 Å². The van der Waals surface area contributed by atoms with Crippen molar-refractivity contribution >= 4 is 35.6 Å². The van der Waals surface area contributed by atoms with Crippen LogP contribution in [0.4, 0.5) is 5.82 Å². The van der Waals surface area contributed by atoms with Crippen LogP contribution in [0.2, 0.25) is 0 Å². The van der Waals surface area contributed by atoms with Gasteiger partial charge in [-0.1, -0.05) is 12.1 Å². The first-order valence-electron chi connectivity index (χ1n) is 13.9. The molecular formula is C30H26N7Na2O7P. The molecule has 17 heteroatoms. The van der Waals surface area contributed by atoms with Gasteiger partial charge in [-0.25, -0.2) is 19.3 Å². The number of fused-ring (bicyclic) bond motifs is 3. The average molecular weight is 674 g/mol. The maximum absolute atomic E-state index is 13.9. The summed E-state index contributed by atoms with van der Waals surface area (Å²) in [5.74, 6) is 0.801. The van der Waals surface area contributed by atoms with Gasteiger partial charge in [0, 0.05) is 31.0 Å². The Hall–Kier alpha value is -2.77. The maximum atomic E-state index is 13.9. The number of hydrogen-bond acceptors (Lipinski definition) is 12. The molecule has 0 aliphatic carbocycles. The van der Waals surface area contributed by atoms with Gasteiger partial charge in [0.2, 0.25) is 0 Å². The largest absolute Gasteiger partial charge is 1.00 e. The van der Waals surface area contributed by atoms with Crippen LogP contribution in [0.15, 0.2) is 70.5 Å². The van der Waals surface area contributed by atoms with Crippen molar-refractivity contribution in [3.8, 4) is 23.0 Å². The Balaban J connectivity index is 0.00000250. The summed E-state index contributed by atoms with van der Waals surface area (Å²) in [7, 11) is -5.52. The minimum Gasteiger partial charge on any atom is -0.790 e. The van der Waals surface area contributed by atoms with Crippen LogP contribution in [0.25, 0.3) is 38.9 Å². The fraction of sp³-hybridized carbons (Fsp3) is 0.267. The standard InChI is InChI=1S/C30H28N7O7P.2Na/c1-30(2,17-31)20-4-6-21(7-5-20)37-27-22(28(38)36(29(37)39)18-44-45(40,41)42)16-32-24-9-8-23(34-26(24)27)19-3-10-25(33-15-19)35-11-13-43-14-12-35;;/h3-10,15-16H,11-14,18H2,1-2H3,(H2,40,41,42);;/q;2*+1/p-2. The number of phosphoric acid groups is 1. The van der Waals surface area contributed by atoms with Crippen LogP contribution in [0.5, 0.6) is 0 Å². The van der Waals surface area contributed by atoms with E-state index in [9.17, 15) is 29.2 Å². The molecule has 0 N–H and O–H groups in total. The SMILES string of the molecule is CC(C)(C#N)c1ccc(-n2c(=O)n(COP(=O)([O-])[O-])c(=O)c3cnc4ccc(-c5ccc(N6CCOCC6)nc5)nc4c32)cc1.[Na+].[Na+]. The molecule has 5 aromatic rings. The second-order valence-corrected chi connectivity index (χ2v) is 12.1. The van der Waals surface area contributed by atoms with E-state index in [-0.39, 0.29) is 75.5 Å². The quantitative estimate of drug-likeness (QED) is 0.0918. The van der Waals surface area contributed by atoms with Crippen LogP contribution in [0, 0.1) is 11.3 Å². The summed E-state index contributed by atoms with van der Waals surface area (Å²) in [6.07, 6.45) is 2.95. The Morgan fingerprint density at radius 2 is 1.70 bits per heavy atom. The summed E-state index contributed by atoms with van der Waals surface area (Å²) in [5, 5.41) is 9.51. The molecule has 47 heavy (non-hydrogen) atoms. The third kappa shape index (κ3) is 7.62. The van der Waals surface area contributed by atoms with Crippen molar-refractivity contribution in [2.45, 2.75) is 26.0 Å². The molecule has 6 rings (SSSR count). The number of anilines is 1. The Labute approximate surface area is 312 Å². The van der Waals surface area contributed by atoms with Crippen LogP contribution in [-0.2, 0) is 26.0 Å². The molecule has 0 amide bonds. The number of benzene rings is 1. The van der Waals surface area contributed by atoms with Gasteiger partial charge >= 0.3 is 64.8 Å². The fourth-order valence-electron chi connectivity index (χ4n) is 5.14. The normalized spacial score (nSPS) is 13.6. The molecule has 4 aromatic heterocycles. The van der Waals surface area contributed by atoms with Crippen LogP contribution in [-0.4, -0.2) is 50.4 Å². The van der Waals surface area contributed by atoms with E-state index in [0.717, 1.165) is 18.9 Å². The molecule has 230 valence electrons. The number of aromatic nitrogens is 5. The van der Waals surface area contributed by atoms with Gasteiger partial charge < -0.3 is 28.5 Å². The molecule has 0 saturated carbocycles. The fourth-order valence-corrected chi connectivity index (χ4v) is 5.39. The van der Waals surface area contributed by atoms with Crippen LogP contribution in [0.3, 0.4) is 0 Å². The molecule has 0 atom stereocenters. The Kier molecular flexibility index (Phi) is 11.7. The van der Waals surface area contributed by atoms with Gasteiger partial charge in [0.25, 0.3) is 5.56 Å². The number of phosphoric ester groups is 1. The molecule has 1 aromatic carbocycles. The van der Waals surface area contributed by atoms with E-state index < -0.39 is 31.2 Å². The first-order valence-corrected chi connectivity index (χ1v) is 15.4. The number of hydrogen-bond donors (Lipinski definition) is 0. The summed E-state index contributed by atoms with van der Waals surface area (Å²) < 4.78 is 22.7. The monoisotopic (exact) mass is 673 g/mol. The van der Waals surface area contributed by atoms with Crippen LogP contribution >= 0.6 is 7.82 Å². The molecule has 5 heterocycles. The number of rotatable bonds is 7. The molecule has 1 fully saturated rings. The van der Waals surface area contributed by atoms with E-state index in [4.69, 9.17) is 9.72 Å². The maximum Gasteiger partial charge on any atom is 1.00 e. The molecule has 1 aliphatic rings. The average Bonchev–Trinajstić information content (AvgIpc) is 3.04. The topological polar surface area (TPSA) is 191 Å². The zero-order valence-electron chi connectivity index (χ0n) is 26.2. The Morgan fingerprint density at radius 3 is 2.32 bits per heavy atom. The van der Waals surface area contributed by atoms with E-state index in [1.165, 1.54) is 10.8 Å². The molecule has 0 radical (unpaired) electrons. The summed E-state index contributed by atoms with van der Waals surface area (Å²) in [6, 6.07) is 16.0. The number of nitriles is 1. The van der Waals surface area contributed by atoms with Crippen molar-refractivity contribution in [2.24, 2.45) is 0 Å². The summed E-state index contributed by atoms with van der Waals surface area (Å²) in [4.78, 5) is 65.7. The van der Waals surface area contributed by atoms with E-state index in [1.54, 1.807) is 56.4 Å². The third-order valence-electron chi connectivity index (χ3n) is 7.66. The second kappa shape index (κ2) is 14.8. The molecule has 0 unspecified atom stereocenters. The van der Waals surface area contributed by atoms with Crippen molar-refractivity contribution in [1.29, 1.82) is 5.26 Å². The Morgan fingerprint density at radius 1 is 1.00 bits per heavy atom. The molecule has 0 spiro atoms. The summed E-state index contributed by atoms with van der Waals surface area (Å²) >= 11 is 0. The zero-order valence-corrected chi connectivity index (χ0v) is 31.1. The number of morpholine rings is 1. The van der Waals surface area contributed by atoms with E-state index in [1.807, 2.05) is 12.1 Å². The Bertz CT molecular complexity index is 2140. The summed E-state index contributed by atoms with van der Waals surface area (Å²) in [6.45, 7) is 5.08. The van der Waals surface area contributed by atoms with E-state index in [0.29, 0.717) is 45.8 Å². The number of nitrogens with zero attached hydrogens (tertiary/aromatic N) is 7.